The molecule has 2 aromatic carbocycles. The minimum absolute atomic E-state index is 0.554. The summed E-state index contributed by atoms with van der Waals surface area (Å²) in [7, 11) is 0. The highest BCUT2D eigenvalue weighted by Gasteiger charge is 2.27. The first-order valence-corrected chi connectivity index (χ1v) is 7.24. The van der Waals surface area contributed by atoms with E-state index in [9.17, 15) is 0 Å². The molecule has 0 saturated heterocycles. The predicted molar refractivity (Wildman–Crippen MR) is 81.0 cm³/mol. The minimum Gasteiger partial charge on any atom is -0.330 e. The lowest BCUT2D eigenvalue weighted by Gasteiger charge is -2.33. The second kappa shape index (κ2) is 5.58. The van der Waals surface area contributed by atoms with E-state index in [0.29, 0.717) is 5.92 Å². The summed E-state index contributed by atoms with van der Waals surface area (Å²) in [6.45, 7) is 0.773. The van der Waals surface area contributed by atoms with Gasteiger partial charge in [-0.1, -0.05) is 61.0 Å². The molecule has 0 spiro atoms. The van der Waals surface area contributed by atoms with Gasteiger partial charge >= 0.3 is 0 Å². The molecule has 1 atom stereocenters. The van der Waals surface area contributed by atoms with Gasteiger partial charge in [0.1, 0.15) is 0 Å². The first-order valence-electron chi connectivity index (χ1n) is 7.24. The van der Waals surface area contributed by atoms with Crippen LogP contribution in [-0.4, -0.2) is 6.54 Å². The monoisotopic (exact) mass is 251 g/mol. The molecule has 0 heterocycles. The van der Waals surface area contributed by atoms with Gasteiger partial charge in [0.2, 0.25) is 0 Å². The smallest absolute Gasteiger partial charge is 0.000556 e. The Morgan fingerprint density at radius 2 is 1.53 bits per heavy atom. The van der Waals surface area contributed by atoms with Crippen LogP contribution in [0.1, 0.15) is 30.7 Å². The molecule has 19 heavy (non-hydrogen) atoms. The Labute approximate surface area is 115 Å². The van der Waals surface area contributed by atoms with Crippen LogP contribution in [0, 0.1) is 5.92 Å². The summed E-state index contributed by atoms with van der Waals surface area (Å²) in [6, 6.07) is 19.5. The standard InChI is InChI=1S/C18H21N/c19-13-18(16-7-4-8-16)17-11-9-15(10-12-17)14-5-2-1-3-6-14/h1-3,5-6,9-12,16,18H,4,7-8,13,19H2. The van der Waals surface area contributed by atoms with Crippen molar-refractivity contribution in [2.45, 2.75) is 25.2 Å². The number of hydrogen-bond acceptors (Lipinski definition) is 1. The van der Waals surface area contributed by atoms with Crippen LogP contribution in [0.25, 0.3) is 11.1 Å². The molecule has 1 unspecified atom stereocenters. The largest absolute Gasteiger partial charge is 0.330 e. The van der Waals surface area contributed by atoms with Crippen molar-refractivity contribution in [2.75, 3.05) is 6.54 Å². The summed E-state index contributed by atoms with van der Waals surface area (Å²) >= 11 is 0. The van der Waals surface area contributed by atoms with Crippen molar-refractivity contribution >= 4 is 0 Å². The lowest BCUT2D eigenvalue weighted by molar-refractivity contribution is 0.264. The van der Waals surface area contributed by atoms with E-state index in [-0.39, 0.29) is 0 Å². The average Bonchev–Trinajstić information content (AvgIpc) is 2.44. The molecule has 0 aliphatic heterocycles. The van der Waals surface area contributed by atoms with Crippen molar-refractivity contribution in [3.8, 4) is 11.1 Å². The van der Waals surface area contributed by atoms with Gasteiger partial charge in [-0.15, -0.1) is 0 Å². The Morgan fingerprint density at radius 3 is 2.05 bits per heavy atom. The molecule has 1 saturated carbocycles. The summed E-state index contributed by atoms with van der Waals surface area (Å²) in [5.41, 5.74) is 9.94. The molecular formula is C18H21N. The third-order valence-electron chi connectivity index (χ3n) is 4.42. The maximum Gasteiger partial charge on any atom is -0.000556 e. The fourth-order valence-electron chi connectivity index (χ4n) is 3.00. The van der Waals surface area contributed by atoms with Crippen LogP contribution in [0.4, 0.5) is 0 Å². The Morgan fingerprint density at radius 1 is 0.895 bits per heavy atom. The van der Waals surface area contributed by atoms with Crippen LogP contribution < -0.4 is 5.73 Å². The maximum absolute atomic E-state index is 5.96. The number of rotatable bonds is 4. The molecule has 2 N–H and O–H groups in total. The normalized spacial score (nSPS) is 16.9. The van der Waals surface area contributed by atoms with E-state index >= 15 is 0 Å². The Bertz CT molecular complexity index is 511. The van der Waals surface area contributed by atoms with Gasteiger partial charge in [0.05, 0.1) is 0 Å². The number of hydrogen-bond donors (Lipinski definition) is 1. The molecule has 1 nitrogen and oxygen atoms in total. The van der Waals surface area contributed by atoms with Gasteiger partial charge in [-0.05, 0) is 47.9 Å². The SMILES string of the molecule is NCC(c1ccc(-c2ccccc2)cc1)C1CCC1. The zero-order valence-corrected chi connectivity index (χ0v) is 11.3. The van der Waals surface area contributed by atoms with E-state index in [1.165, 1.54) is 36.0 Å². The first-order chi connectivity index (χ1) is 9.38. The van der Waals surface area contributed by atoms with Crippen LogP contribution in [0.15, 0.2) is 54.6 Å². The van der Waals surface area contributed by atoms with Gasteiger partial charge in [0, 0.05) is 0 Å². The molecule has 0 aromatic heterocycles. The highest BCUT2D eigenvalue weighted by Crippen LogP contribution is 2.39. The fourth-order valence-corrected chi connectivity index (χ4v) is 3.00. The van der Waals surface area contributed by atoms with Crippen molar-refractivity contribution in [1.29, 1.82) is 0 Å². The summed E-state index contributed by atoms with van der Waals surface area (Å²) in [5, 5.41) is 0. The molecule has 0 bridgehead atoms. The zero-order valence-electron chi connectivity index (χ0n) is 11.3. The van der Waals surface area contributed by atoms with Crippen molar-refractivity contribution in [2.24, 2.45) is 11.7 Å². The van der Waals surface area contributed by atoms with E-state index in [1.54, 1.807) is 0 Å². The van der Waals surface area contributed by atoms with Crippen LogP contribution in [0.2, 0.25) is 0 Å². The first kappa shape index (κ1) is 12.4. The average molecular weight is 251 g/mol. The predicted octanol–water partition coefficient (Wildman–Crippen LogP) is 4.20. The third kappa shape index (κ3) is 2.57. The topological polar surface area (TPSA) is 26.0 Å². The van der Waals surface area contributed by atoms with E-state index < -0.39 is 0 Å². The molecule has 1 aliphatic rings. The summed E-state index contributed by atoms with van der Waals surface area (Å²) in [6.07, 6.45) is 4.08. The second-order valence-electron chi connectivity index (χ2n) is 5.52. The molecule has 1 heteroatoms. The molecule has 0 amide bonds. The fraction of sp³-hybridized carbons (Fsp3) is 0.333. The molecule has 3 rings (SSSR count). The molecule has 2 aromatic rings. The Balaban J connectivity index is 1.82. The zero-order chi connectivity index (χ0) is 13.1. The Hall–Kier alpha value is -1.60. The van der Waals surface area contributed by atoms with Gasteiger partial charge in [0.25, 0.3) is 0 Å². The molecular weight excluding hydrogens is 230 g/mol. The Kier molecular flexibility index (Phi) is 3.65. The van der Waals surface area contributed by atoms with Crippen LogP contribution in [0.3, 0.4) is 0 Å². The molecule has 98 valence electrons. The number of nitrogens with two attached hydrogens (primary N) is 1. The second-order valence-corrected chi connectivity index (χ2v) is 5.52. The highest BCUT2D eigenvalue weighted by molar-refractivity contribution is 5.63. The van der Waals surface area contributed by atoms with Crippen molar-refractivity contribution in [3.63, 3.8) is 0 Å². The summed E-state index contributed by atoms with van der Waals surface area (Å²) < 4.78 is 0. The minimum atomic E-state index is 0.554. The van der Waals surface area contributed by atoms with E-state index in [0.717, 1.165) is 12.5 Å². The number of benzene rings is 2. The van der Waals surface area contributed by atoms with Gasteiger partial charge < -0.3 is 5.73 Å². The van der Waals surface area contributed by atoms with Crippen LogP contribution in [-0.2, 0) is 0 Å². The summed E-state index contributed by atoms with van der Waals surface area (Å²) in [5.74, 6) is 1.37. The van der Waals surface area contributed by atoms with Crippen molar-refractivity contribution in [1.82, 2.24) is 0 Å². The lowest BCUT2D eigenvalue weighted by Crippen LogP contribution is -2.26. The highest BCUT2D eigenvalue weighted by atomic mass is 14.6. The van der Waals surface area contributed by atoms with E-state index in [1.807, 2.05) is 0 Å². The molecule has 0 radical (unpaired) electrons. The van der Waals surface area contributed by atoms with Gasteiger partial charge in [-0.2, -0.15) is 0 Å². The van der Waals surface area contributed by atoms with Crippen molar-refractivity contribution in [3.05, 3.63) is 60.2 Å². The quantitative estimate of drug-likeness (QED) is 0.866. The molecule has 1 aliphatic carbocycles. The summed E-state index contributed by atoms with van der Waals surface area (Å²) in [4.78, 5) is 0. The van der Waals surface area contributed by atoms with Gasteiger partial charge in [-0.25, -0.2) is 0 Å². The van der Waals surface area contributed by atoms with Gasteiger partial charge in [0.15, 0.2) is 0 Å². The van der Waals surface area contributed by atoms with Gasteiger partial charge in [-0.3, -0.25) is 0 Å². The van der Waals surface area contributed by atoms with E-state index in [2.05, 4.69) is 54.6 Å². The maximum atomic E-state index is 5.96. The van der Waals surface area contributed by atoms with Crippen LogP contribution in [0.5, 0.6) is 0 Å². The lowest BCUT2D eigenvalue weighted by atomic mass is 9.73. The van der Waals surface area contributed by atoms with Crippen molar-refractivity contribution < 1.29 is 0 Å². The van der Waals surface area contributed by atoms with Crippen LogP contribution >= 0.6 is 0 Å². The van der Waals surface area contributed by atoms with E-state index in [4.69, 9.17) is 5.73 Å². The molecule has 1 fully saturated rings. The third-order valence-corrected chi connectivity index (χ3v) is 4.42.